The van der Waals surface area contributed by atoms with Crippen molar-refractivity contribution in [1.82, 2.24) is 0 Å². The van der Waals surface area contributed by atoms with Crippen LogP contribution in [0.3, 0.4) is 0 Å². The molecule has 2 rings (SSSR count). The predicted octanol–water partition coefficient (Wildman–Crippen LogP) is -0.714. The average molecular weight is 174 g/mol. The molecule has 0 amide bonds. The molecular weight excluding hydrogens is 160 g/mol. The molecule has 2 saturated heterocycles. The second kappa shape index (κ2) is 3.30. The minimum Gasteiger partial charge on any atom is -0.391 e. The molecule has 2 aliphatic heterocycles. The second-order valence-electron chi connectivity index (χ2n) is 3.52. The van der Waals surface area contributed by atoms with Gasteiger partial charge in [-0.15, -0.1) is 0 Å². The summed E-state index contributed by atoms with van der Waals surface area (Å²) in [5.41, 5.74) is 0. The van der Waals surface area contributed by atoms with Gasteiger partial charge in [-0.05, 0) is 0 Å². The van der Waals surface area contributed by atoms with Crippen LogP contribution in [0.5, 0.6) is 0 Å². The lowest BCUT2D eigenvalue weighted by Gasteiger charge is -2.39. The highest BCUT2D eigenvalue weighted by molar-refractivity contribution is 4.85. The van der Waals surface area contributed by atoms with Crippen LogP contribution in [0.25, 0.3) is 0 Å². The van der Waals surface area contributed by atoms with Gasteiger partial charge in [0.25, 0.3) is 0 Å². The first-order chi connectivity index (χ1) is 5.75. The van der Waals surface area contributed by atoms with Crippen molar-refractivity contribution >= 4 is 0 Å². The van der Waals surface area contributed by atoms with Crippen molar-refractivity contribution in [2.45, 2.75) is 37.3 Å². The normalized spacial score (nSPS) is 48.5. The maximum Gasteiger partial charge on any atom is 0.0864 e. The van der Waals surface area contributed by atoms with Crippen molar-refractivity contribution < 1.29 is 19.7 Å². The number of hydrogen-bond acceptors (Lipinski definition) is 4. The van der Waals surface area contributed by atoms with Gasteiger partial charge in [-0.3, -0.25) is 0 Å². The first kappa shape index (κ1) is 8.44. The highest BCUT2D eigenvalue weighted by Gasteiger charge is 2.36. The fraction of sp³-hybridized carbons (Fsp3) is 1.00. The number of aliphatic hydroxyl groups is 2. The van der Waals surface area contributed by atoms with Gasteiger partial charge in [0.15, 0.2) is 0 Å². The molecule has 0 aliphatic carbocycles. The minimum atomic E-state index is -0.401. The Morgan fingerprint density at radius 1 is 0.833 bits per heavy atom. The van der Waals surface area contributed by atoms with E-state index >= 15 is 0 Å². The number of hydrogen-bond donors (Lipinski definition) is 2. The van der Waals surface area contributed by atoms with Gasteiger partial charge in [-0.25, -0.2) is 0 Å². The highest BCUT2D eigenvalue weighted by Crippen LogP contribution is 2.25. The second-order valence-corrected chi connectivity index (χ2v) is 3.52. The van der Waals surface area contributed by atoms with E-state index in [1.165, 1.54) is 0 Å². The van der Waals surface area contributed by atoms with E-state index in [2.05, 4.69) is 0 Å². The Hall–Kier alpha value is -0.160. The van der Waals surface area contributed by atoms with E-state index in [1.54, 1.807) is 0 Å². The van der Waals surface area contributed by atoms with Gasteiger partial charge in [0.2, 0.25) is 0 Å². The summed E-state index contributed by atoms with van der Waals surface area (Å²) in [4.78, 5) is 0. The third-order valence-electron chi connectivity index (χ3n) is 2.43. The smallest absolute Gasteiger partial charge is 0.0864 e. The van der Waals surface area contributed by atoms with Crippen LogP contribution in [0.2, 0.25) is 0 Å². The van der Waals surface area contributed by atoms with Gasteiger partial charge in [-0.2, -0.15) is 0 Å². The largest absolute Gasteiger partial charge is 0.391 e. The minimum absolute atomic E-state index is 0.0165. The average Bonchev–Trinajstić information content (AvgIpc) is 2.05. The van der Waals surface area contributed by atoms with Crippen molar-refractivity contribution in [3.63, 3.8) is 0 Å². The Morgan fingerprint density at radius 2 is 1.25 bits per heavy atom. The predicted molar refractivity (Wildman–Crippen MR) is 40.7 cm³/mol. The van der Waals surface area contributed by atoms with E-state index in [-0.39, 0.29) is 12.2 Å². The number of fused-ring (bicyclic) bond motifs is 1. The maximum atomic E-state index is 9.25. The molecule has 2 aliphatic rings. The molecule has 12 heavy (non-hydrogen) atoms. The molecular formula is C8H14O4. The van der Waals surface area contributed by atoms with E-state index in [9.17, 15) is 10.2 Å². The molecule has 4 heteroatoms. The molecule has 0 spiro atoms. The third kappa shape index (κ3) is 1.61. The Labute approximate surface area is 71.1 Å². The standard InChI is InChI=1S/C8H14O4/c9-5-1-7-8(12-3-5)2-6(10)4-11-7/h5-10H,1-4H2/t5?,6?,7-,8-/m1/s1. The SMILES string of the molecule is OC1CO[C@@H]2CC(O)CO[C@@H]2C1. The molecule has 2 N–H and O–H groups in total. The zero-order valence-electron chi connectivity index (χ0n) is 6.85. The van der Waals surface area contributed by atoms with Crippen molar-refractivity contribution in [3.05, 3.63) is 0 Å². The van der Waals surface area contributed by atoms with Gasteiger partial charge in [0.05, 0.1) is 37.6 Å². The molecule has 0 radical (unpaired) electrons. The first-order valence-corrected chi connectivity index (χ1v) is 4.35. The van der Waals surface area contributed by atoms with E-state index in [0.717, 1.165) is 0 Å². The molecule has 4 atom stereocenters. The van der Waals surface area contributed by atoms with E-state index in [0.29, 0.717) is 26.1 Å². The summed E-state index contributed by atoms with van der Waals surface area (Å²) in [5, 5.41) is 18.5. The summed E-state index contributed by atoms with van der Waals surface area (Å²) in [7, 11) is 0. The first-order valence-electron chi connectivity index (χ1n) is 4.35. The van der Waals surface area contributed by atoms with Crippen LogP contribution in [-0.2, 0) is 9.47 Å². The lowest BCUT2D eigenvalue weighted by atomic mass is 9.96. The van der Waals surface area contributed by atoms with Crippen LogP contribution in [-0.4, -0.2) is 47.8 Å². The van der Waals surface area contributed by atoms with Crippen LogP contribution in [0, 0.1) is 0 Å². The number of ether oxygens (including phenoxy) is 2. The zero-order valence-corrected chi connectivity index (χ0v) is 6.85. The third-order valence-corrected chi connectivity index (χ3v) is 2.43. The summed E-state index contributed by atoms with van der Waals surface area (Å²) in [6, 6.07) is 0. The molecule has 0 aromatic rings. The fourth-order valence-electron chi connectivity index (χ4n) is 1.80. The monoisotopic (exact) mass is 174 g/mol. The molecule has 0 bridgehead atoms. The van der Waals surface area contributed by atoms with Crippen molar-refractivity contribution in [3.8, 4) is 0 Å². The van der Waals surface area contributed by atoms with Crippen molar-refractivity contribution in [2.24, 2.45) is 0 Å². The summed E-state index contributed by atoms with van der Waals surface area (Å²) in [6.07, 6.45) is 0.437. The van der Waals surface area contributed by atoms with Gasteiger partial charge < -0.3 is 19.7 Å². The number of rotatable bonds is 0. The fourth-order valence-corrected chi connectivity index (χ4v) is 1.80. The van der Waals surface area contributed by atoms with Crippen LogP contribution >= 0.6 is 0 Å². The van der Waals surface area contributed by atoms with Gasteiger partial charge >= 0.3 is 0 Å². The lowest BCUT2D eigenvalue weighted by Crippen LogP contribution is -2.49. The van der Waals surface area contributed by atoms with Gasteiger partial charge in [0.1, 0.15) is 0 Å². The quantitative estimate of drug-likeness (QED) is 0.509. The van der Waals surface area contributed by atoms with Crippen molar-refractivity contribution in [1.29, 1.82) is 0 Å². The van der Waals surface area contributed by atoms with Crippen molar-refractivity contribution in [2.75, 3.05) is 13.2 Å². The summed E-state index contributed by atoms with van der Waals surface area (Å²) in [5.74, 6) is 0. The Morgan fingerprint density at radius 3 is 1.67 bits per heavy atom. The molecule has 0 aromatic heterocycles. The molecule has 70 valence electrons. The van der Waals surface area contributed by atoms with Crippen LogP contribution < -0.4 is 0 Å². The summed E-state index contributed by atoms with van der Waals surface area (Å²) in [6.45, 7) is 0.745. The Balaban J connectivity index is 1.94. The molecule has 4 nitrogen and oxygen atoms in total. The number of aliphatic hydroxyl groups excluding tert-OH is 2. The topological polar surface area (TPSA) is 58.9 Å². The Kier molecular flexibility index (Phi) is 2.32. The van der Waals surface area contributed by atoms with Gasteiger partial charge in [-0.1, -0.05) is 0 Å². The van der Waals surface area contributed by atoms with E-state index < -0.39 is 12.2 Å². The zero-order chi connectivity index (χ0) is 8.55. The molecule has 0 aromatic carbocycles. The maximum absolute atomic E-state index is 9.25. The Bertz CT molecular complexity index is 143. The highest BCUT2D eigenvalue weighted by atomic mass is 16.6. The molecule has 2 unspecified atom stereocenters. The molecule has 2 fully saturated rings. The van der Waals surface area contributed by atoms with Gasteiger partial charge in [0, 0.05) is 12.8 Å². The summed E-state index contributed by atoms with van der Waals surface area (Å²) < 4.78 is 10.7. The van der Waals surface area contributed by atoms with Crippen LogP contribution in [0.4, 0.5) is 0 Å². The molecule has 0 saturated carbocycles. The van der Waals surface area contributed by atoms with Crippen LogP contribution in [0.15, 0.2) is 0 Å². The molecule has 2 heterocycles. The van der Waals surface area contributed by atoms with Crippen LogP contribution in [0.1, 0.15) is 12.8 Å². The summed E-state index contributed by atoms with van der Waals surface area (Å²) >= 11 is 0. The lowest BCUT2D eigenvalue weighted by molar-refractivity contribution is -0.191. The van der Waals surface area contributed by atoms with E-state index in [4.69, 9.17) is 9.47 Å². The van der Waals surface area contributed by atoms with E-state index in [1.807, 2.05) is 0 Å².